The number of esters is 1. The fourth-order valence-corrected chi connectivity index (χ4v) is 3.53. The lowest BCUT2D eigenvalue weighted by Crippen LogP contribution is -2.43. The van der Waals surface area contributed by atoms with Crippen LogP contribution in [0.4, 0.5) is 0 Å². The molecular weight excluding hydrogens is 290 g/mol. The van der Waals surface area contributed by atoms with Crippen LogP contribution in [0, 0.1) is 0 Å². The van der Waals surface area contributed by atoms with Gasteiger partial charge in [-0.2, -0.15) is 0 Å². The number of hydrogen-bond acceptors (Lipinski definition) is 3. The summed E-state index contributed by atoms with van der Waals surface area (Å²) in [5.74, 6) is -0.576. The maximum Gasteiger partial charge on any atom is 0.337 e. The van der Waals surface area contributed by atoms with Crippen molar-refractivity contribution in [1.82, 2.24) is 5.32 Å². The van der Waals surface area contributed by atoms with Crippen molar-refractivity contribution in [2.75, 3.05) is 6.61 Å². The predicted molar refractivity (Wildman–Crippen MR) is 85.7 cm³/mol. The van der Waals surface area contributed by atoms with Gasteiger partial charge >= 0.3 is 5.97 Å². The highest BCUT2D eigenvalue weighted by atomic mass is 16.5. The zero-order valence-corrected chi connectivity index (χ0v) is 12.6. The SMILES string of the molecule is CCOC(=O)C1=Cc2ccccc2C12NC(=O)c1ccccc12. The van der Waals surface area contributed by atoms with E-state index in [1.54, 1.807) is 13.0 Å². The van der Waals surface area contributed by atoms with Gasteiger partial charge in [-0.15, -0.1) is 0 Å². The molecular formula is C19H15NO3. The molecule has 1 amide bonds. The Morgan fingerprint density at radius 1 is 1.09 bits per heavy atom. The molecule has 1 N–H and O–H groups in total. The number of hydrogen-bond donors (Lipinski definition) is 1. The van der Waals surface area contributed by atoms with Crippen molar-refractivity contribution in [2.45, 2.75) is 12.5 Å². The van der Waals surface area contributed by atoms with Crippen molar-refractivity contribution in [3.8, 4) is 0 Å². The molecule has 2 aliphatic rings. The Morgan fingerprint density at radius 3 is 2.57 bits per heavy atom. The molecule has 1 aliphatic carbocycles. The number of nitrogens with one attached hydrogen (secondary N) is 1. The second-order valence-corrected chi connectivity index (χ2v) is 5.62. The van der Waals surface area contributed by atoms with Crippen LogP contribution < -0.4 is 5.32 Å². The first-order chi connectivity index (χ1) is 11.2. The minimum absolute atomic E-state index is 0.174. The van der Waals surface area contributed by atoms with Crippen molar-refractivity contribution < 1.29 is 14.3 Å². The summed E-state index contributed by atoms with van der Waals surface area (Å²) in [6.07, 6.45) is 1.82. The van der Waals surface area contributed by atoms with Gasteiger partial charge in [0.25, 0.3) is 5.91 Å². The van der Waals surface area contributed by atoms with E-state index in [0.29, 0.717) is 11.1 Å². The van der Waals surface area contributed by atoms with Gasteiger partial charge in [-0.3, -0.25) is 4.79 Å². The summed E-state index contributed by atoms with van der Waals surface area (Å²) < 4.78 is 5.24. The van der Waals surface area contributed by atoms with Crippen molar-refractivity contribution in [1.29, 1.82) is 0 Å². The monoisotopic (exact) mass is 305 g/mol. The van der Waals surface area contributed by atoms with Crippen LogP contribution in [-0.4, -0.2) is 18.5 Å². The Hall–Kier alpha value is -2.88. The summed E-state index contributed by atoms with van der Waals surface area (Å²) in [6.45, 7) is 2.06. The van der Waals surface area contributed by atoms with E-state index < -0.39 is 11.5 Å². The van der Waals surface area contributed by atoms with Crippen LogP contribution >= 0.6 is 0 Å². The first kappa shape index (κ1) is 13.8. The van der Waals surface area contributed by atoms with Gasteiger partial charge < -0.3 is 10.1 Å². The lowest BCUT2D eigenvalue weighted by Gasteiger charge is -2.29. The van der Waals surface area contributed by atoms with Crippen molar-refractivity contribution in [3.63, 3.8) is 0 Å². The molecule has 4 heteroatoms. The molecule has 1 heterocycles. The largest absolute Gasteiger partial charge is 0.463 e. The van der Waals surface area contributed by atoms with Gasteiger partial charge in [0.05, 0.1) is 12.2 Å². The zero-order chi connectivity index (χ0) is 16.0. The molecule has 2 aromatic carbocycles. The van der Waals surface area contributed by atoms with E-state index in [1.807, 2.05) is 48.5 Å². The van der Waals surface area contributed by atoms with Crippen LogP contribution in [0.5, 0.6) is 0 Å². The molecule has 2 aromatic rings. The summed E-state index contributed by atoms with van der Waals surface area (Å²) in [6, 6.07) is 15.1. The lowest BCUT2D eigenvalue weighted by molar-refractivity contribution is -0.139. The summed E-state index contributed by atoms with van der Waals surface area (Å²) >= 11 is 0. The molecule has 0 bridgehead atoms. The van der Waals surface area contributed by atoms with Gasteiger partial charge in [0, 0.05) is 5.56 Å². The van der Waals surface area contributed by atoms with Gasteiger partial charge in [-0.1, -0.05) is 42.5 Å². The van der Waals surface area contributed by atoms with Crippen LogP contribution in [-0.2, 0) is 15.1 Å². The van der Waals surface area contributed by atoms with E-state index in [1.165, 1.54) is 0 Å². The minimum Gasteiger partial charge on any atom is -0.463 e. The van der Waals surface area contributed by atoms with Crippen LogP contribution in [0.15, 0.2) is 54.1 Å². The summed E-state index contributed by atoms with van der Waals surface area (Å²) in [7, 11) is 0. The topological polar surface area (TPSA) is 55.4 Å². The summed E-state index contributed by atoms with van der Waals surface area (Å²) in [5.41, 5.74) is 2.73. The third-order valence-corrected chi connectivity index (χ3v) is 4.44. The Labute approximate surface area is 133 Å². The van der Waals surface area contributed by atoms with Gasteiger partial charge in [0.15, 0.2) is 0 Å². The Bertz CT molecular complexity index is 868. The molecule has 4 rings (SSSR count). The molecule has 1 spiro atoms. The van der Waals surface area contributed by atoms with Crippen molar-refractivity contribution >= 4 is 18.0 Å². The molecule has 0 saturated carbocycles. The van der Waals surface area contributed by atoms with Crippen LogP contribution in [0.1, 0.15) is 34.0 Å². The van der Waals surface area contributed by atoms with Gasteiger partial charge in [-0.25, -0.2) is 4.79 Å². The van der Waals surface area contributed by atoms with Crippen LogP contribution in [0.25, 0.3) is 6.08 Å². The van der Waals surface area contributed by atoms with Gasteiger partial charge in [0.2, 0.25) is 0 Å². The molecule has 1 atom stereocenters. The Kier molecular flexibility index (Phi) is 2.88. The Morgan fingerprint density at radius 2 is 1.78 bits per heavy atom. The quantitative estimate of drug-likeness (QED) is 0.868. The average Bonchev–Trinajstić information content (AvgIpc) is 3.06. The van der Waals surface area contributed by atoms with E-state index in [9.17, 15) is 9.59 Å². The van der Waals surface area contributed by atoms with Crippen LogP contribution in [0.3, 0.4) is 0 Å². The number of rotatable bonds is 2. The second kappa shape index (κ2) is 4.81. The highest BCUT2D eigenvalue weighted by molar-refractivity contribution is 6.09. The van der Waals surface area contributed by atoms with E-state index >= 15 is 0 Å². The molecule has 4 nitrogen and oxygen atoms in total. The van der Waals surface area contributed by atoms with Gasteiger partial charge in [0.1, 0.15) is 5.54 Å². The second-order valence-electron chi connectivity index (χ2n) is 5.62. The number of carbonyl (C=O) groups excluding carboxylic acids is 2. The van der Waals surface area contributed by atoms with E-state index in [4.69, 9.17) is 4.74 Å². The molecule has 0 fully saturated rings. The molecule has 0 aromatic heterocycles. The van der Waals surface area contributed by atoms with E-state index in [0.717, 1.165) is 16.7 Å². The molecule has 23 heavy (non-hydrogen) atoms. The number of carbonyl (C=O) groups is 2. The number of amides is 1. The highest BCUT2D eigenvalue weighted by Crippen LogP contribution is 2.49. The maximum atomic E-state index is 12.5. The standard InChI is InChI=1S/C19H15NO3/c1-2-23-18(22)16-11-12-7-3-5-9-14(12)19(16)15-10-6-4-8-13(15)17(21)20-19/h3-11H,2H2,1H3,(H,20,21). The summed E-state index contributed by atoms with van der Waals surface area (Å²) in [4.78, 5) is 25.0. The Balaban J connectivity index is 2.00. The first-order valence-electron chi connectivity index (χ1n) is 7.59. The molecule has 0 radical (unpaired) electrons. The predicted octanol–water partition coefficient (Wildman–Crippen LogP) is 2.63. The van der Waals surface area contributed by atoms with Gasteiger partial charge in [-0.05, 0) is 35.8 Å². The minimum atomic E-state index is -0.948. The lowest BCUT2D eigenvalue weighted by atomic mass is 9.80. The maximum absolute atomic E-state index is 12.5. The van der Waals surface area contributed by atoms with Crippen molar-refractivity contribution in [3.05, 3.63) is 76.4 Å². The van der Waals surface area contributed by atoms with E-state index in [-0.39, 0.29) is 12.5 Å². The van der Waals surface area contributed by atoms with E-state index in [2.05, 4.69) is 5.32 Å². The third-order valence-electron chi connectivity index (χ3n) is 4.44. The zero-order valence-electron chi connectivity index (χ0n) is 12.6. The number of benzene rings is 2. The molecule has 1 unspecified atom stereocenters. The molecule has 0 saturated heterocycles. The van der Waals surface area contributed by atoms with Crippen LogP contribution in [0.2, 0.25) is 0 Å². The fraction of sp³-hybridized carbons (Fsp3) is 0.158. The average molecular weight is 305 g/mol. The normalized spacial score (nSPS) is 20.7. The molecule has 1 aliphatic heterocycles. The summed E-state index contributed by atoms with van der Waals surface area (Å²) in [5, 5.41) is 3.03. The smallest absolute Gasteiger partial charge is 0.337 e. The number of ether oxygens (including phenoxy) is 1. The first-order valence-corrected chi connectivity index (χ1v) is 7.59. The number of fused-ring (bicyclic) bond motifs is 4. The highest BCUT2D eigenvalue weighted by Gasteiger charge is 2.53. The third kappa shape index (κ3) is 1.72. The fourth-order valence-electron chi connectivity index (χ4n) is 3.53. The van der Waals surface area contributed by atoms with Crippen molar-refractivity contribution in [2.24, 2.45) is 0 Å². The molecule has 114 valence electrons.